The van der Waals surface area contributed by atoms with Gasteiger partial charge in [-0.1, -0.05) is 18.2 Å². The van der Waals surface area contributed by atoms with Crippen LogP contribution in [0.4, 0.5) is 18.9 Å². The number of hydrogen-bond acceptors (Lipinski definition) is 4. The van der Waals surface area contributed by atoms with Gasteiger partial charge < -0.3 is 5.32 Å². The number of fused-ring (bicyclic) bond motifs is 1. The third-order valence-corrected chi connectivity index (χ3v) is 3.59. The van der Waals surface area contributed by atoms with Crippen LogP contribution in [0.5, 0.6) is 0 Å². The zero-order valence-electron chi connectivity index (χ0n) is 9.07. The Morgan fingerprint density at radius 2 is 1.94 bits per heavy atom. The van der Waals surface area contributed by atoms with Crippen molar-refractivity contribution in [1.82, 2.24) is 0 Å². The first kappa shape index (κ1) is 13.2. The monoisotopic (exact) mass is 281 g/mol. The third kappa shape index (κ3) is 2.59. The van der Waals surface area contributed by atoms with Crippen molar-refractivity contribution in [3.63, 3.8) is 0 Å². The van der Waals surface area contributed by atoms with Crippen LogP contribution in [0.3, 0.4) is 0 Å². The molecule has 1 aliphatic heterocycles. The molecule has 0 saturated heterocycles. The standard InChI is InChI=1S/C10H10F3NO3S/c11-10(12,13)18(15,16)17-9-6-5-7-3-1-2-4-8(7)14-9/h1-4,9,14H,5-6H2. The van der Waals surface area contributed by atoms with E-state index >= 15 is 0 Å². The van der Waals surface area contributed by atoms with Gasteiger partial charge in [0, 0.05) is 5.69 Å². The molecule has 0 fully saturated rings. The second-order valence-electron chi connectivity index (χ2n) is 3.82. The Labute approximate surface area is 102 Å². The highest BCUT2D eigenvalue weighted by Gasteiger charge is 2.48. The van der Waals surface area contributed by atoms with Crippen molar-refractivity contribution in [2.24, 2.45) is 0 Å². The highest BCUT2D eigenvalue weighted by atomic mass is 32.2. The van der Waals surface area contributed by atoms with Crippen LogP contribution in [0.2, 0.25) is 0 Å². The van der Waals surface area contributed by atoms with E-state index in [0.717, 1.165) is 5.56 Å². The Bertz CT molecular complexity index is 542. The summed E-state index contributed by atoms with van der Waals surface area (Å²) in [5.41, 5.74) is -3.89. The van der Waals surface area contributed by atoms with Crippen molar-refractivity contribution in [2.75, 3.05) is 5.32 Å². The molecule has 0 bridgehead atoms. The number of aryl methyl sites for hydroxylation is 1. The molecule has 1 aromatic rings. The number of anilines is 1. The summed E-state index contributed by atoms with van der Waals surface area (Å²) in [6.45, 7) is 0. The number of rotatable bonds is 2. The maximum Gasteiger partial charge on any atom is 0.523 e. The molecule has 0 radical (unpaired) electrons. The van der Waals surface area contributed by atoms with Gasteiger partial charge in [-0.15, -0.1) is 0 Å². The van der Waals surface area contributed by atoms with Crippen molar-refractivity contribution in [3.8, 4) is 0 Å². The van der Waals surface area contributed by atoms with Crippen molar-refractivity contribution in [1.29, 1.82) is 0 Å². The number of nitrogens with one attached hydrogen (secondary N) is 1. The molecule has 18 heavy (non-hydrogen) atoms. The SMILES string of the molecule is O=S(=O)(OC1CCc2ccccc2N1)C(F)(F)F. The largest absolute Gasteiger partial charge is 0.523 e. The highest BCUT2D eigenvalue weighted by molar-refractivity contribution is 7.87. The molecule has 0 spiro atoms. The average Bonchev–Trinajstić information content (AvgIpc) is 2.27. The van der Waals surface area contributed by atoms with E-state index < -0.39 is 21.9 Å². The zero-order valence-corrected chi connectivity index (χ0v) is 9.88. The Hall–Kier alpha value is -1.28. The van der Waals surface area contributed by atoms with Crippen LogP contribution in [0.1, 0.15) is 12.0 Å². The summed E-state index contributed by atoms with van der Waals surface area (Å²) >= 11 is 0. The van der Waals surface area contributed by atoms with Crippen molar-refractivity contribution in [3.05, 3.63) is 29.8 Å². The van der Waals surface area contributed by atoms with Gasteiger partial charge in [0.15, 0.2) is 0 Å². The molecule has 0 aromatic heterocycles. The summed E-state index contributed by atoms with van der Waals surface area (Å²) in [5, 5.41) is 2.62. The molecule has 1 heterocycles. The van der Waals surface area contributed by atoms with Gasteiger partial charge in [0.1, 0.15) is 6.23 Å². The van der Waals surface area contributed by atoms with Crippen LogP contribution in [-0.2, 0) is 20.7 Å². The first-order chi connectivity index (χ1) is 8.29. The van der Waals surface area contributed by atoms with E-state index in [9.17, 15) is 21.6 Å². The summed E-state index contributed by atoms with van der Waals surface area (Å²) in [5.74, 6) is 0. The maximum atomic E-state index is 12.1. The first-order valence-electron chi connectivity index (χ1n) is 5.13. The number of benzene rings is 1. The zero-order chi connectivity index (χ0) is 13.4. The van der Waals surface area contributed by atoms with E-state index in [0.29, 0.717) is 12.1 Å². The van der Waals surface area contributed by atoms with Crippen LogP contribution < -0.4 is 5.32 Å². The normalized spacial score (nSPS) is 20.1. The second kappa shape index (κ2) is 4.43. The fraction of sp³-hybridized carbons (Fsp3) is 0.400. The van der Waals surface area contributed by atoms with Gasteiger partial charge in [-0.25, -0.2) is 4.18 Å². The van der Waals surface area contributed by atoms with Crippen molar-refractivity contribution < 1.29 is 25.8 Å². The van der Waals surface area contributed by atoms with E-state index in [4.69, 9.17) is 0 Å². The average molecular weight is 281 g/mol. The Morgan fingerprint density at radius 3 is 2.61 bits per heavy atom. The summed E-state index contributed by atoms with van der Waals surface area (Å²) in [6.07, 6.45) is -0.570. The lowest BCUT2D eigenvalue weighted by Crippen LogP contribution is -2.36. The van der Waals surface area contributed by atoms with Crippen LogP contribution in [0.25, 0.3) is 0 Å². The number of halogens is 3. The Kier molecular flexibility index (Phi) is 3.24. The van der Waals surface area contributed by atoms with E-state index in [-0.39, 0.29) is 6.42 Å². The summed E-state index contributed by atoms with van der Waals surface area (Å²) in [7, 11) is -5.56. The molecule has 8 heteroatoms. The van der Waals surface area contributed by atoms with Gasteiger partial charge in [0.05, 0.1) is 0 Å². The van der Waals surface area contributed by atoms with E-state index in [1.165, 1.54) is 0 Å². The number of para-hydroxylation sites is 1. The van der Waals surface area contributed by atoms with Gasteiger partial charge in [-0.3, -0.25) is 0 Å². The molecule has 100 valence electrons. The van der Waals surface area contributed by atoms with Crippen LogP contribution in [0, 0.1) is 0 Å². The predicted octanol–water partition coefficient (Wildman–Crippen LogP) is 2.24. The van der Waals surface area contributed by atoms with Gasteiger partial charge in [-0.2, -0.15) is 21.6 Å². The minimum Gasteiger partial charge on any atom is -0.359 e. The predicted molar refractivity (Wildman–Crippen MR) is 58.2 cm³/mol. The molecule has 0 aliphatic carbocycles. The Balaban J connectivity index is 2.12. The molecule has 4 nitrogen and oxygen atoms in total. The first-order valence-corrected chi connectivity index (χ1v) is 6.54. The van der Waals surface area contributed by atoms with E-state index in [1.54, 1.807) is 18.2 Å². The number of alkyl halides is 3. The summed E-state index contributed by atoms with van der Waals surface area (Å²) in [4.78, 5) is 0. The lowest BCUT2D eigenvalue weighted by molar-refractivity contribution is -0.0568. The molecular weight excluding hydrogens is 271 g/mol. The molecule has 2 rings (SSSR count). The smallest absolute Gasteiger partial charge is 0.359 e. The maximum absolute atomic E-state index is 12.1. The molecular formula is C10H10F3NO3S. The number of hydrogen-bond donors (Lipinski definition) is 1. The van der Waals surface area contributed by atoms with Gasteiger partial charge in [0.25, 0.3) is 0 Å². The van der Waals surface area contributed by atoms with Crippen LogP contribution in [0.15, 0.2) is 24.3 Å². The molecule has 1 atom stereocenters. The van der Waals surface area contributed by atoms with Crippen molar-refractivity contribution >= 4 is 15.8 Å². The van der Waals surface area contributed by atoms with Crippen LogP contribution >= 0.6 is 0 Å². The quantitative estimate of drug-likeness (QED) is 0.667. The fourth-order valence-corrected chi connectivity index (χ4v) is 2.25. The summed E-state index contributed by atoms with van der Waals surface area (Å²) < 4.78 is 62.3. The van der Waals surface area contributed by atoms with Gasteiger partial charge >= 0.3 is 15.6 Å². The Morgan fingerprint density at radius 1 is 1.28 bits per heavy atom. The minimum absolute atomic E-state index is 0.159. The minimum atomic E-state index is -5.56. The molecule has 0 saturated carbocycles. The third-order valence-electron chi connectivity index (χ3n) is 2.54. The lowest BCUT2D eigenvalue weighted by atomic mass is 10.0. The molecule has 1 unspecified atom stereocenters. The topological polar surface area (TPSA) is 55.4 Å². The second-order valence-corrected chi connectivity index (χ2v) is 5.39. The fourth-order valence-electron chi connectivity index (χ4n) is 1.69. The molecule has 1 aliphatic rings. The molecule has 0 amide bonds. The van der Waals surface area contributed by atoms with Gasteiger partial charge in [0.2, 0.25) is 0 Å². The molecule has 1 N–H and O–H groups in total. The van der Waals surface area contributed by atoms with E-state index in [1.807, 2.05) is 6.07 Å². The summed E-state index contributed by atoms with van der Waals surface area (Å²) in [6, 6.07) is 6.97. The van der Waals surface area contributed by atoms with E-state index in [2.05, 4.69) is 9.50 Å². The van der Waals surface area contributed by atoms with Crippen LogP contribution in [-0.4, -0.2) is 20.2 Å². The highest BCUT2D eigenvalue weighted by Crippen LogP contribution is 2.30. The molecule has 1 aromatic carbocycles. The van der Waals surface area contributed by atoms with Crippen molar-refractivity contribution in [2.45, 2.75) is 24.6 Å². The lowest BCUT2D eigenvalue weighted by Gasteiger charge is -2.26. The van der Waals surface area contributed by atoms with Gasteiger partial charge in [-0.05, 0) is 24.5 Å².